The Morgan fingerprint density at radius 1 is 1.45 bits per heavy atom. The molecule has 0 radical (unpaired) electrons. The molecule has 0 bridgehead atoms. The molecule has 0 saturated heterocycles. The van der Waals surface area contributed by atoms with Gasteiger partial charge in [0.15, 0.2) is 0 Å². The van der Waals surface area contributed by atoms with Crippen LogP contribution < -0.4 is 5.32 Å². The molecule has 11 heavy (non-hydrogen) atoms. The summed E-state index contributed by atoms with van der Waals surface area (Å²) in [4.78, 5) is 10.5. The maximum absolute atomic E-state index is 10.5. The van der Waals surface area contributed by atoms with Gasteiger partial charge < -0.3 is 5.32 Å². The highest BCUT2D eigenvalue weighted by molar-refractivity contribution is 5.72. The molecule has 0 rings (SSSR count). The summed E-state index contributed by atoms with van der Waals surface area (Å²) in [6.45, 7) is 6.81. The Bertz CT molecular complexity index is 112. The number of nitrogens with one attached hydrogen (secondary N) is 1. The first-order valence-electron chi connectivity index (χ1n) is 4.41. The van der Waals surface area contributed by atoms with E-state index in [1.807, 2.05) is 0 Å². The molecule has 0 spiro atoms. The van der Waals surface area contributed by atoms with Gasteiger partial charge in [-0.2, -0.15) is 0 Å². The molecule has 0 aromatic rings. The van der Waals surface area contributed by atoms with Crippen molar-refractivity contribution in [1.29, 1.82) is 0 Å². The quantitative estimate of drug-likeness (QED) is 0.649. The van der Waals surface area contributed by atoms with Gasteiger partial charge in [0.1, 0.15) is 0 Å². The maximum atomic E-state index is 10.5. The predicted octanol–water partition coefficient (Wildman–Crippen LogP) is 1.95. The first-order chi connectivity index (χ1) is 5.16. The number of carbonyl (C=O) groups is 1. The SMILES string of the molecule is CCCC(C)CCNC(C)=O. The monoisotopic (exact) mass is 157 g/mol. The smallest absolute Gasteiger partial charge is 0.216 e. The number of rotatable bonds is 5. The van der Waals surface area contributed by atoms with Crippen LogP contribution in [0.25, 0.3) is 0 Å². The summed E-state index contributed by atoms with van der Waals surface area (Å²) >= 11 is 0. The van der Waals surface area contributed by atoms with E-state index in [0.717, 1.165) is 18.9 Å². The van der Waals surface area contributed by atoms with Crippen molar-refractivity contribution in [2.75, 3.05) is 6.54 Å². The molecule has 2 heteroatoms. The average molecular weight is 157 g/mol. The molecular formula is C9H19NO. The molecule has 66 valence electrons. The van der Waals surface area contributed by atoms with Crippen molar-refractivity contribution in [2.24, 2.45) is 5.92 Å². The van der Waals surface area contributed by atoms with E-state index in [0.29, 0.717) is 0 Å². The van der Waals surface area contributed by atoms with Gasteiger partial charge in [-0.1, -0.05) is 26.7 Å². The Kier molecular flexibility index (Phi) is 5.90. The topological polar surface area (TPSA) is 29.1 Å². The lowest BCUT2D eigenvalue weighted by molar-refractivity contribution is -0.118. The molecule has 0 aromatic carbocycles. The van der Waals surface area contributed by atoms with Crippen LogP contribution in [-0.2, 0) is 4.79 Å². The van der Waals surface area contributed by atoms with Gasteiger partial charge in [0, 0.05) is 13.5 Å². The van der Waals surface area contributed by atoms with Crippen LogP contribution in [0.15, 0.2) is 0 Å². The summed E-state index contributed by atoms with van der Waals surface area (Å²) in [5, 5.41) is 2.80. The van der Waals surface area contributed by atoms with Crippen LogP contribution in [0.5, 0.6) is 0 Å². The van der Waals surface area contributed by atoms with E-state index in [1.54, 1.807) is 6.92 Å². The summed E-state index contributed by atoms with van der Waals surface area (Å²) in [5.41, 5.74) is 0. The number of hydrogen-bond donors (Lipinski definition) is 1. The van der Waals surface area contributed by atoms with E-state index in [1.165, 1.54) is 12.8 Å². The molecule has 1 N–H and O–H groups in total. The Morgan fingerprint density at radius 3 is 2.55 bits per heavy atom. The van der Waals surface area contributed by atoms with E-state index >= 15 is 0 Å². The Balaban J connectivity index is 3.16. The predicted molar refractivity (Wildman–Crippen MR) is 47.4 cm³/mol. The standard InChI is InChI=1S/C9H19NO/c1-4-5-8(2)6-7-10-9(3)11/h8H,4-7H2,1-3H3,(H,10,11). The molecule has 0 aliphatic rings. The third-order valence-electron chi connectivity index (χ3n) is 1.79. The minimum Gasteiger partial charge on any atom is -0.356 e. The largest absolute Gasteiger partial charge is 0.356 e. The molecule has 0 aliphatic carbocycles. The Hall–Kier alpha value is -0.530. The highest BCUT2D eigenvalue weighted by Gasteiger charge is 1.99. The van der Waals surface area contributed by atoms with Gasteiger partial charge in [0.25, 0.3) is 0 Å². The summed E-state index contributed by atoms with van der Waals surface area (Å²) in [6.07, 6.45) is 3.61. The van der Waals surface area contributed by atoms with Gasteiger partial charge in [-0.15, -0.1) is 0 Å². The minimum atomic E-state index is 0.0775. The zero-order valence-corrected chi connectivity index (χ0v) is 7.81. The maximum Gasteiger partial charge on any atom is 0.216 e. The normalized spacial score (nSPS) is 12.6. The summed E-state index contributed by atoms with van der Waals surface area (Å²) in [7, 11) is 0. The summed E-state index contributed by atoms with van der Waals surface area (Å²) < 4.78 is 0. The second-order valence-corrected chi connectivity index (χ2v) is 3.17. The second-order valence-electron chi connectivity index (χ2n) is 3.17. The van der Waals surface area contributed by atoms with Crippen molar-refractivity contribution in [1.82, 2.24) is 5.32 Å². The van der Waals surface area contributed by atoms with E-state index in [2.05, 4.69) is 19.2 Å². The van der Waals surface area contributed by atoms with Gasteiger partial charge in [0.05, 0.1) is 0 Å². The van der Waals surface area contributed by atoms with E-state index in [9.17, 15) is 4.79 Å². The van der Waals surface area contributed by atoms with E-state index in [4.69, 9.17) is 0 Å². The molecule has 0 heterocycles. The van der Waals surface area contributed by atoms with Gasteiger partial charge in [0.2, 0.25) is 5.91 Å². The first kappa shape index (κ1) is 10.5. The molecule has 1 atom stereocenters. The highest BCUT2D eigenvalue weighted by Crippen LogP contribution is 2.07. The van der Waals surface area contributed by atoms with Crippen molar-refractivity contribution < 1.29 is 4.79 Å². The molecule has 0 aromatic heterocycles. The van der Waals surface area contributed by atoms with Crippen molar-refractivity contribution in [3.8, 4) is 0 Å². The molecule has 0 fully saturated rings. The lowest BCUT2D eigenvalue weighted by Gasteiger charge is -2.09. The molecule has 0 aliphatic heterocycles. The fourth-order valence-electron chi connectivity index (χ4n) is 1.13. The van der Waals surface area contributed by atoms with Crippen LogP contribution in [0.3, 0.4) is 0 Å². The fourth-order valence-corrected chi connectivity index (χ4v) is 1.13. The molecule has 1 amide bonds. The molecule has 1 unspecified atom stereocenters. The van der Waals surface area contributed by atoms with E-state index in [-0.39, 0.29) is 5.91 Å². The van der Waals surface area contributed by atoms with Gasteiger partial charge in [-0.3, -0.25) is 4.79 Å². The number of carbonyl (C=O) groups excluding carboxylic acids is 1. The van der Waals surface area contributed by atoms with Gasteiger partial charge in [-0.05, 0) is 12.3 Å². The fraction of sp³-hybridized carbons (Fsp3) is 0.889. The lowest BCUT2D eigenvalue weighted by atomic mass is 10.0. The third-order valence-corrected chi connectivity index (χ3v) is 1.79. The van der Waals surface area contributed by atoms with Crippen LogP contribution in [0, 0.1) is 5.92 Å². The number of hydrogen-bond acceptors (Lipinski definition) is 1. The van der Waals surface area contributed by atoms with Crippen LogP contribution in [0.4, 0.5) is 0 Å². The van der Waals surface area contributed by atoms with Crippen molar-refractivity contribution >= 4 is 5.91 Å². The highest BCUT2D eigenvalue weighted by atomic mass is 16.1. The van der Waals surface area contributed by atoms with Crippen LogP contribution in [-0.4, -0.2) is 12.5 Å². The Morgan fingerprint density at radius 2 is 2.09 bits per heavy atom. The third kappa shape index (κ3) is 7.37. The Labute approximate surface area is 69.4 Å². The second kappa shape index (κ2) is 6.20. The summed E-state index contributed by atoms with van der Waals surface area (Å²) in [5.74, 6) is 0.820. The van der Waals surface area contributed by atoms with Crippen molar-refractivity contribution in [2.45, 2.75) is 40.0 Å². The van der Waals surface area contributed by atoms with Crippen LogP contribution in [0.1, 0.15) is 40.0 Å². The van der Waals surface area contributed by atoms with Gasteiger partial charge in [-0.25, -0.2) is 0 Å². The molecular weight excluding hydrogens is 138 g/mol. The zero-order valence-electron chi connectivity index (χ0n) is 7.81. The van der Waals surface area contributed by atoms with Crippen LogP contribution >= 0.6 is 0 Å². The zero-order chi connectivity index (χ0) is 8.69. The molecule has 0 saturated carbocycles. The number of amides is 1. The summed E-state index contributed by atoms with van der Waals surface area (Å²) in [6, 6.07) is 0. The minimum absolute atomic E-state index is 0.0775. The van der Waals surface area contributed by atoms with Gasteiger partial charge >= 0.3 is 0 Å². The van der Waals surface area contributed by atoms with E-state index < -0.39 is 0 Å². The first-order valence-corrected chi connectivity index (χ1v) is 4.41. The van der Waals surface area contributed by atoms with Crippen molar-refractivity contribution in [3.63, 3.8) is 0 Å². The lowest BCUT2D eigenvalue weighted by Crippen LogP contribution is -2.22. The van der Waals surface area contributed by atoms with Crippen molar-refractivity contribution in [3.05, 3.63) is 0 Å². The van der Waals surface area contributed by atoms with Crippen LogP contribution in [0.2, 0.25) is 0 Å². The molecule has 2 nitrogen and oxygen atoms in total. The average Bonchev–Trinajstić information content (AvgIpc) is 1.87.